The van der Waals surface area contributed by atoms with E-state index in [9.17, 15) is 18.0 Å². The van der Waals surface area contributed by atoms with Crippen molar-refractivity contribution < 1.29 is 23.1 Å². The van der Waals surface area contributed by atoms with Crippen LogP contribution in [0.4, 0.5) is 18.9 Å². The van der Waals surface area contributed by atoms with Crippen LogP contribution in [-0.2, 0) is 0 Å². The van der Waals surface area contributed by atoms with Gasteiger partial charge < -0.3 is 10.0 Å². The summed E-state index contributed by atoms with van der Waals surface area (Å²) in [5.41, 5.74) is 0.596. The molecule has 0 aliphatic carbocycles. The lowest BCUT2D eigenvalue weighted by molar-refractivity contribution is -0.132. The number of alkyl halides is 3. The molecule has 1 aromatic rings. The predicted molar refractivity (Wildman–Crippen MR) is 65.0 cm³/mol. The number of rotatable bonds is 4. The standard InChI is InChI=1S/C11H11BrF3NO2/c1-16(5-4-11(13,14)15)9-3-2-7(10(17)18)6-8(9)12/h2-3,6H,4-5H2,1H3,(H,17,18). The molecule has 0 aliphatic heterocycles. The van der Waals surface area contributed by atoms with E-state index in [-0.39, 0.29) is 12.1 Å². The minimum Gasteiger partial charge on any atom is -0.478 e. The molecule has 0 amide bonds. The van der Waals surface area contributed by atoms with E-state index in [1.807, 2.05) is 0 Å². The van der Waals surface area contributed by atoms with Gasteiger partial charge in [0.2, 0.25) is 0 Å². The fraction of sp³-hybridized carbons (Fsp3) is 0.364. The first-order valence-electron chi connectivity index (χ1n) is 5.01. The maximum absolute atomic E-state index is 12.1. The first kappa shape index (κ1) is 14.8. The number of halogens is 4. The predicted octanol–water partition coefficient (Wildman–Crippen LogP) is 3.54. The Balaban J connectivity index is 2.80. The third kappa shape index (κ3) is 4.21. The quantitative estimate of drug-likeness (QED) is 0.920. The second kappa shape index (κ2) is 5.60. The second-order valence-electron chi connectivity index (χ2n) is 3.76. The summed E-state index contributed by atoms with van der Waals surface area (Å²) in [6.07, 6.45) is -5.13. The number of hydrogen-bond donors (Lipinski definition) is 1. The Hall–Kier alpha value is -1.24. The van der Waals surface area contributed by atoms with E-state index < -0.39 is 18.6 Å². The number of benzene rings is 1. The average molecular weight is 326 g/mol. The van der Waals surface area contributed by atoms with E-state index in [0.29, 0.717) is 10.2 Å². The summed E-state index contributed by atoms with van der Waals surface area (Å²) in [6.45, 7) is -0.186. The van der Waals surface area contributed by atoms with Crippen LogP contribution in [0.3, 0.4) is 0 Å². The molecule has 0 atom stereocenters. The number of carboxylic acids is 1. The highest BCUT2D eigenvalue weighted by molar-refractivity contribution is 9.10. The Labute approximate surface area is 110 Å². The summed E-state index contributed by atoms with van der Waals surface area (Å²) in [7, 11) is 1.52. The first-order chi connectivity index (χ1) is 8.20. The number of nitrogens with zero attached hydrogens (tertiary/aromatic N) is 1. The highest BCUT2D eigenvalue weighted by atomic mass is 79.9. The fourth-order valence-electron chi connectivity index (χ4n) is 1.36. The molecule has 100 valence electrons. The van der Waals surface area contributed by atoms with Crippen LogP contribution in [0.5, 0.6) is 0 Å². The molecule has 0 fully saturated rings. The Morgan fingerprint density at radius 2 is 2.06 bits per heavy atom. The van der Waals surface area contributed by atoms with Crippen molar-refractivity contribution in [2.45, 2.75) is 12.6 Å². The Bertz CT molecular complexity index is 448. The lowest BCUT2D eigenvalue weighted by Crippen LogP contribution is -2.24. The van der Waals surface area contributed by atoms with Crippen molar-refractivity contribution in [3.8, 4) is 0 Å². The highest BCUT2D eigenvalue weighted by Gasteiger charge is 2.27. The van der Waals surface area contributed by atoms with E-state index in [4.69, 9.17) is 5.11 Å². The van der Waals surface area contributed by atoms with Crippen molar-refractivity contribution in [1.82, 2.24) is 0 Å². The van der Waals surface area contributed by atoms with Crippen LogP contribution in [0.15, 0.2) is 22.7 Å². The van der Waals surface area contributed by atoms with Gasteiger partial charge in [0.15, 0.2) is 0 Å². The molecule has 0 aromatic heterocycles. The van der Waals surface area contributed by atoms with Crippen LogP contribution in [0.1, 0.15) is 16.8 Å². The molecule has 3 nitrogen and oxygen atoms in total. The van der Waals surface area contributed by atoms with Gasteiger partial charge in [-0.1, -0.05) is 0 Å². The van der Waals surface area contributed by atoms with Crippen LogP contribution in [-0.4, -0.2) is 30.8 Å². The summed E-state index contributed by atoms with van der Waals surface area (Å²) in [4.78, 5) is 12.1. The summed E-state index contributed by atoms with van der Waals surface area (Å²) in [5, 5.41) is 8.77. The summed E-state index contributed by atoms with van der Waals surface area (Å²) in [6, 6.07) is 4.19. The normalized spacial score (nSPS) is 11.4. The van der Waals surface area contributed by atoms with Gasteiger partial charge in [0.1, 0.15) is 0 Å². The second-order valence-corrected chi connectivity index (χ2v) is 4.61. The molecule has 18 heavy (non-hydrogen) atoms. The molecular formula is C11H11BrF3NO2. The molecule has 0 spiro atoms. The van der Waals surface area contributed by atoms with E-state index in [1.165, 1.54) is 30.1 Å². The van der Waals surface area contributed by atoms with Crippen LogP contribution in [0.2, 0.25) is 0 Å². The topological polar surface area (TPSA) is 40.5 Å². The largest absolute Gasteiger partial charge is 0.478 e. The molecule has 0 aliphatic rings. The van der Waals surface area contributed by atoms with Gasteiger partial charge in [0.25, 0.3) is 0 Å². The van der Waals surface area contributed by atoms with Gasteiger partial charge in [0.05, 0.1) is 17.7 Å². The number of anilines is 1. The highest BCUT2D eigenvalue weighted by Crippen LogP contribution is 2.28. The number of carboxylic acid groups (broad SMARTS) is 1. The van der Waals surface area contributed by atoms with Crippen LogP contribution in [0.25, 0.3) is 0 Å². The van der Waals surface area contributed by atoms with E-state index in [2.05, 4.69) is 15.9 Å². The zero-order valence-corrected chi connectivity index (χ0v) is 11.0. The number of aromatic carboxylic acids is 1. The van der Waals surface area contributed by atoms with Crippen molar-refractivity contribution in [1.29, 1.82) is 0 Å². The molecule has 0 heterocycles. The van der Waals surface area contributed by atoms with Crippen molar-refractivity contribution in [2.24, 2.45) is 0 Å². The Kier molecular flexibility index (Phi) is 4.61. The molecule has 0 unspecified atom stereocenters. The van der Waals surface area contributed by atoms with Gasteiger partial charge in [-0.15, -0.1) is 0 Å². The lowest BCUT2D eigenvalue weighted by Gasteiger charge is -2.21. The van der Waals surface area contributed by atoms with Crippen LogP contribution >= 0.6 is 15.9 Å². The molecular weight excluding hydrogens is 315 g/mol. The molecule has 0 radical (unpaired) electrons. The molecule has 1 N–H and O–H groups in total. The zero-order valence-electron chi connectivity index (χ0n) is 9.46. The maximum atomic E-state index is 12.1. The van der Waals surface area contributed by atoms with E-state index in [1.54, 1.807) is 0 Å². The SMILES string of the molecule is CN(CCC(F)(F)F)c1ccc(C(=O)O)cc1Br. The Morgan fingerprint density at radius 3 is 2.50 bits per heavy atom. The zero-order chi connectivity index (χ0) is 13.9. The van der Waals surface area contributed by atoms with Crippen molar-refractivity contribution in [3.05, 3.63) is 28.2 Å². The molecule has 1 aromatic carbocycles. The van der Waals surface area contributed by atoms with E-state index >= 15 is 0 Å². The van der Waals surface area contributed by atoms with Crippen LogP contribution < -0.4 is 4.90 Å². The van der Waals surface area contributed by atoms with Gasteiger partial charge in [-0.2, -0.15) is 13.2 Å². The first-order valence-corrected chi connectivity index (χ1v) is 5.81. The molecule has 0 bridgehead atoms. The van der Waals surface area contributed by atoms with Gasteiger partial charge in [0, 0.05) is 18.1 Å². The maximum Gasteiger partial charge on any atom is 0.390 e. The van der Waals surface area contributed by atoms with Gasteiger partial charge in [-0.25, -0.2) is 4.79 Å². The van der Waals surface area contributed by atoms with Gasteiger partial charge in [-0.05, 0) is 34.1 Å². The third-order valence-electron chi connectivity index (χ3n) is 2.34. The van der Waals surface area contributed by atoms with E-state index in [0.717, 1.165) is 0 Å². The smallest absolute Gasteiger partial charge is 0.390 e. The van der Waals surface area contributed by atoms with Gasteiger partial charge in [-0.3, -0.25) is 0 Å². The molecule has 7 heteroatoms. The number of carbonyl (C=O) groups is 1. The summed E-state index contributed by atoms with van der Waals surface area (Å²) in [5.74, 6) is -1.08. The monoisotopic (exact) mass is 325 g/mol. The lowest BCUT2D eigenvalue weighted by atomic mass is 10.2. The van der Waals surface area contributed by atoms with Crippen LogP contribution in [0, 0.1) is 0 Å². The van der Waals surface area contributed by atoms with Gasteiger partial charge >= 0.3 is 12.1 Å². The molecule has 0 saturated heterocycles. The van der Waals surface area contributed by atoms with Crippen molar-refractivity contribution in [3.63, 3.8) is 0 Å². The minimum absolute atomic E-state index is 0.0786. The fourth-order valence-corrected chi connectivity index (χ4v) is 2.05. The summed E-state index contributed by atoms with van der Waals surface area (Å²) >= 11 is 3.15. The number of hydrogen-bond acceptors (Lipinski definition) is 2. The van der Waals surface area contributed by atoms with Crippen molar-refractivity contribution in [2.75, 3.05) is 18.5 Å². The van der Waals surface area contributed by atoms with Crippen molar-refractivity contribution >= 4 is 27.6 Å². The molecule has 1 rings (SSSR count). The molecule has 0 saturated carbocycles. The minimum atomic E-state index is -4.21. The average Bonchev–Trinajstić information content (AvgIpc) is 2.24. The Morgan fingerprint density at radius 1 is 1.44 bits per heavy atom. The summed E-state index contributed by atoms with van der Waals surface area (Å²) < 4.78 is 36.7. The third-order valence-corrected chi connectivity index (χ3v) is 2.97.